The van der Waals surface area contributed by atoms with Gasteiger partial charge >= 0.3 is 0 Å². The van der Waals surface area contributed by atoms with E-state index in [0.717, 1.165) is 39.5 Å². The molecule has 0 fully saturated rings. The van der Waals surface area contributed by atoms with E-state index in [1.54, 1.807) is 0 Å². The molecule has 65 heavy (non-hydrogen) atoms. The number of ether oxygens (including phenoxy) is 1. The number of rotatable bonds is 8. The second-order valence-electron chi connectivity index (χ2n) is 18.4. The van der Waals surface area contributed by atoms with E-state index in [0.29, 0.717) is 0 Å². The number of benzene rings is 11. The zero-order valence-corrected chi connectivity index (χ0v) is 37.8. The van der Waals surface area contributed by atoms with Gasteiger partial charge in [0, 0.05) is 34.0 Å². The Labute approximate surface area is 382 Å². The maximum atomic E-state index is 7.07. The Bertz CT molecular complexity index is 3610. The molecule has 12 rings (SSSR count). The summed E-state index contributed by atoms with van der Waals surface area (Å²) in [6, 6.07) is 82.5. The smallest absolute Gasteiger partial charge is 0.242 e. The molecule has 0 unspecified atom stereocenters. The van der Waals surface area contributed by atoms with Gasteiger partial charge in [-0.25, -0.2) is 0 Å². The molecular formula is C61H46BNOSi. The molecule has 1 aliphatic rings. The topological polar surface area (TPSA) is 12.5 Å². The molecule has 1 heterocycles. The summed E-state index contributed by atoms with van der Waals surface area (Å²) in [6.45, 7) is 7.23. The number of nitrogens with zero attached hydrogens (tertiary/aromatic N) is 1. The van der Waals surface area contributed by atoms with Gasteiger partial charge in [-0.3, -0.25) is 0 Å². The van der Waals surface area contributed by atoms with Crippen LogP contribution in [-0.2, 0) is 0 Å². The Balaban J connectivity index is 1.06. The van der Waals surface area contributed by atoms with Crippen LogP contribution < -0.4 is 31.2 Å². The Morgan fingerprint density at radius 1 is 0.400 bits per heavy atom. The van der Waals surface area contributed by atoms with Crippen LogP contribution in [0.5, 0.6) is 11.5 Å². The highest BCUT2D eigenvalue weighted by Gasteiger charge is 2.29. The fraction of sp³-hybridized carbons (Fsp3) is 0.0492. The second-order valence-corrected chi connectivity index (χ2v) is 23.5. The highest BCUT2D eigenvalue weighted by Crippen LogP contribution is 2.51. The number of fused-ring (bicyclic) bond motifs is 7. The number of para-hydroxylation sites is 1. The third kappa shape index (κ3) is 6.64. The van der Waals surface area contributed by atoms with Crippen molar-refractivity contribution in [2.24, 2.45) is 0 Å². The van der Waals surface area contributed by atoms with Crippen LogP contribution in [0.2, 0.25) is 19.6 Å². The molecule has 2 nitrogen and oxygen atoms in total. The van der Waals surface area contributed by atoms with Gasteiger partial charge in [0.2, 0.25) is 6.71 Å². The average Bonchev–Trinajstić information content (AvgIpc) is 3.35. The van der Waals surface area contributed by atoms with Gasteiger partial charge in [0.05, 0.1) is 13.8 Å². The van der Waals surface area contributed by atoms with E-state index < -0.39 is 8.07 Å². The number of hydrogen-bond acceptors (Lipinski definition) is 2. The monoisotopic (exact) mass is 847 g/mol. The average molecular weight is 848 g/mol. The van der Waals surface area contributed by atoms with Crippen molar-refractivity contribution in [1.82, 2.24) is 0 Å². The first-order chi connectivity index (χ1) is 31.9. The van der Waals surface area contributed by atoms with Crippen LogP contribution in [0.15, 0.2) is 224 Å². The van der Waals surface area contributed by atoms with E-state index >= 15 is 0 Å². The second kappa shape index (κ2) is 15.6. The van der Waals surface area contributed by atoms with Crippen molar-refractivity contribution in [2.75, 3.05) is 4.90 Å². The first-order valence-electron chi connectivity index (χ1n) is 22.7. The van der Waals surface area contributed by atoms with Crippen LogP contribution in [0.25, 0.3) is 65.3 Å². The van der Waals surface area contributed by atoms with Crippen LogP contribution >= 0.6 is 0 Å². The quantitative estimate of drug-likeness (QED) is 0.112. The molecule has 308 valence electrons. The van der Waals surface area contributed by atoms with E-state index in [1.807, 2.05) is 0 Å². The van der Waals surface area contributed by atoms with Gasteiger partial charge in [-0.15, -0.1) is 0 Å². The van der Waals surface area contributed by atoms with Crippen LogP contribution in [0.3, 0.4) is 0 Å². The zero-order chi connectivity index (χ0) is 43.6. The molecule has 4 heteroatoms. The molecule has 0 saturated heterocycles. The minimum absolute atomic E-state index is 0.0134. The van der Waals surface area contributed by atoms with Crippen LogP contribution in [-0.4, -0.2) is 14.8 Å². The molecule has 0 aromatic heterocycles. The van der Waals surface area contributed by atoms with Gasteiger partial charge in [0.25, 0.3) is 0 Å². The highest BCUT2D eigenvalue weighted by atomic mass is 28.3. The number of hydrogen-bond donors (Lipinski definition) is 0. The summed E-state index contributed by atoms with van der Waals surface area (Å²) in [4.78, 5) is 2.39. The van der Waals surface area contributed by atoms with Crippen molar-refractivity contribution >= 4 is 96.5 Å². The van der Waals surface area contributed by atoms with Crippen molar-refractivity contribution in [3.63, 3.8) is 0 Å². The summed E-state index contributed by atoms with van der Waals surface area (Å²) in [6.07, 6.45) is 0. The lowest BCUT2D eigenvalue weighted by Gasteiger charge is -2.30. The molecule has 0 spiro atoms. The Kier molecular flexibility index (Phi) is 9.32. The predicted molar refractivity (Wildman–Crippen MR) is 283 cm³/mol. The highest BCUT2D eigenvalue weighted by molar-refractivity contribution is 6.98. The first kappa shape index (κ1) is 39.0. The lowest BCUT2D eigenvalue weighted by Crippen LogP contribution is -2.52. The molecule has 0 radical (unpaired) electrons. The van der Waals surface area contributed by atoms with Gasteiger partial charge < -0.3 is 9.64 Å². The lowest BCUT2D eigenvalue weighted by atomic mass is 9.35. The molecule has 0 atom stereocenters. The SMILES string of the molecule is C[Si](C)(C)c1ccc(N(c2ccc3c(c2)Oc2cccc4c2c-3cc2c3ccccc3c(B(c3ccccc3)c3cccc5ccccc35)cc42)c2ccccc2-c2ccccc2)cc1. The van der Waals surface area contributed by atoms with Crippen molar-refractivity contribution in [1.29, 1.82) is 0 Å². The Morgan fingerprint density at radius 3 is 1.83 bits per heavy atom. The number of anilines is 3. The van der Waals surface area contributed by atoms with Crippen molar-refractivity contribution in [3.05, 3.63) is 224 Å². The van der Waals surface area contributed by atoms with Gasteiger partial charge in [0.15, 0.2) is 0 Å². The molecule has 0 aliphatic carbocycles. The minimum atomic E-state index is -1.52. The summed E-state index contributed by atoms with van der Waals surface area (Å²) in [5.74, 6) is 1.73. The van der Waals surface area contributed by atoms with Gasteiger partial charge in [-0.05, 0) is 91.3 Å². The van der Waals surface area contributed by atoms with Crippen molar-refractivity contribution in [3.8, 4) is 33.8 Å². The molecule has 1 aliphatic heterocycles. The van der Waals surface area contributed by atoms with Gasteiger partial charge in [0.1, 0.15) is 11.5 Å². The molecule has 0 N–H and O–H groups in total. The minimum Gasteiger partial charge on any atom is -0.456 e. The molecule has 0 saturated carbocycles. The van der Waals surface area contributed by atoms with Crippen LogP contribution in [0.4, 0.5) is 17.1 Å². The zero-order valence-electron chi connectivity index (χ0n) is 36.8. The third-order valence-electron chi connectivity index (χ3n) is 13.5. The Hall–Kier alpha value is -7.66. The fourth-order valence-electron chi connectivity index (χ4n) is 10.4. The van der Waals surface area contributed by atoms with E-state index in [4.69, 9.17) is 4.74 Å². The largest absolute Gasteiger partial charge is 0.456 e. The van der Waals surface area contributed by atoms with Crippen molar-refractivity contribution in [2.45, 2.75) is 19.6 Å². The summed E-state index contributed by atoms with van der Waals surface area (Å²) in [5.41, 5.74) is 11.8. The first-order valence-corrected chi connectivity index (χ1v) is 26.2. The third-order valence-corrected chi connectivity index (χ3v) is 15.6. The van der Waals surface area contributed by atoms with E-state index in [2.05, 4.69) is 249 Å². The summed E-state index contributed by atoms with van der Waals surface area (Å²) in [7, 11) is -1.52. The maximum absolute atomic E-state index is 7.07. The lowest BCUT2D eigenvalue weighted by molar-refractivity contribution is 0.487. The van der Waals surface area contributed by atoms with E-state index in [9.17, 15) is 0 Å². The van der Waals surface area contributed by atoms with Crippen LogP contribution in [0.1, 0.15) is 0 Å². The normalized spacial score (nSPS) is 12.0. The summed E-state index contributed by atoms with van der Waals surface area (Å²) >= 11 is 0. The molecule has 0 amide bonds. The molecular weight excluding hydrogens is 802 g/mol. The molecule has 0 bridgehead atoms. The maximum Gasteiger partial charge on any atom is 0.242 e. The summed E-state index contributed by atoms with van der Waals surface area (Å²) in [5, 5.41) is 11.3. The fourth-order valence-corrected chi connectivity index (χ4v) is 11.6. The van der Waals surface area contributed by atoms with Crippen molar-refractivity contribution < 1.29 is 4.74 Å². The molecule has 11 aromatic rings. The van der Waals surface area contributed by atoms with Crippen LogP contribution in [0, 0.1) is 0 Å². The molecule has 11 aromatic carbocycles. The van der Waals surface area contributed by atoms with Gasteiger partial charge in [-0.1, -0.05) is 217 Å². The summed E-state index contributed by atoms with van der Waals surface area (Å²) < 4.78 is 7.07. The standard InChI is InChI=1S/C61H46BNOSi/c1-65(2,3)46-35-32-44(33-36-46)63(58-30-15-14-25-48(58)42-18-6-4-7-19-42)45-34-37-51-55-39-53-49-26-12-13-27-50(49)57(40-54(53)52-28-17-31-59(61(52)55)64-60(51)38-45)62(43-22-8-5-9-23-43)56-29-16-21-41-20-10-11-24-47(41)56/h4-40H,1-3H3. The van der Waals surface area contributed by atoms with Gasteiger partial charge in [-0.2, -0.15) is 0 Å². The van der Waals surface area contributed by atoms with E-state index in [-0.39, 0.29) is 6.71 Å². The predicted octanol–water partition coefficient (Wildman–Crippen LogP) is 14.3. The Morgan fingerprint density at radius 2 is 1.03 bits per heavy atom. The van der Waals surface area contributed by atoms with E-state index in [1.165, 1.54) is 76.0 Å².